The van der Waals surface area contributed by atoms with Crippen molar-refractivity contribution in [3.8, 4) is 0 Å². The Labute approximate surface area is 127 Å². The van der Waals surface area contributed by atoms with E-state index in [1.807, 2.05) is 11.8 Å². The summed E-state index contributed by atoms with van der Waals surface area (Å²) < 4.78 is 0. The van der Waals surface area contributed by atoms with Gasteiger partial charge in [-0.2, -0.15) is 0 Å². The molecule has 114 valence electrons. The number of rotatable bonds is 5. The highest BCUT2D eigenvalue weighted by molar-refractivity contribution is 5.84. The molecule has 1 saturated carbocycles. The van der Waals surface area contributed by atoms with Crippen LogP contribution in [0.15, 0.2) is 18.2 Å². The lowest BCUT2D eigenvalue weighted by Gasteiger charge is -2.26. The molecule has 2 aliphatic rings. The Balaban J connectivity index is 1.75. The Morgan fingerprint density at radius 1 is 1.29 bits per heavy atom. The number of nitrogens with zero attached hydrogens (tertiary/aromatic N) is 1. The van der Waals surface area contributed by atoms with E-state index in [4.69, 9.17) is 0 Å². The van der Waals surface area contributed by atoms with Crippen molar-refractivity contribution in [1.29, 1.82) is 0 Å². The molecular formula is C18H26N2O. The minimum Gasteiger partial charge on any atom is -0.322 e. The maximum absolute atomic E-state index is 12.4. The van der Waals surface area contributed by atoms with Gasteiger partial charge in [-0.15, -0.1) is 0 Å². The average molecular weight is 286 g/mol. The molecule has 2 unspecified atom stereocenters. The van der Waals surface area contributed by atoms with E-state index in [1.165, 1.54) is 36.0 Å². The molecule has 0 spiro atoms. The number of nitrogens with one attached hydrogen (secondary N) is 1. The lowest BCUT2D eigenvalue weighted by atomic mass is 10.0. The summed E-state index contributed by atoms with van der Waals surface area (Å²) >= 11 is 0. The van der Waals surface area contributed by atoms with E-state index < -0.39 is 0 Å². The van der Waals surface area contributed by atoms with Gasteiger partial charge in [-0.05, 0) is 50.7 Å². The fraction of sp³-hybridized carbons (Fsp3) is 0.611. The Morgan fingerprint density at radius 2 is 2.05 bits per heavy atom. The van der Waals surface area contributed by atoms with Crippen molar-refractivity contribution in [1.82, 2.24) is 10.2 Å². The van der Waals surface area contributed by atoms with E-state index >= 15 is 0 Å². The van der Waals surface area contributed by atoms with E-state index in [-0.39, 0.29) is 18.1 Å². The third-order valence-electron chi connectivity index (χ3n) is 4.80. The van der Waals surface area contributed by atoms with Crippen molar-refractivity contribution in [2.75, 3.05) is 6.54 Å². The van der Waals surface area contributed by atoms with Crippen molar-refractivity contribution >= 4 is 5.91 Å². The zero-order chi connectivity index (χ0) is 15.0. The molecule has 0 bridgehead atoms. The van der Waals surface area contributed by atoms with Crippen LogP contribution in [0.2, 0.25) is 0 Å². The van der Waals surface area contributed by atoms with Gasteiger partial charge in [0.05, 0.1) is 6.04 Å². The predicted octanol–water partition coefficient (Wildman–Crippen LogP) is 3.31. The van der Waals surface area contributed by atoms with Crippen molar-refractivity contribution in [2.24, 2.45) is 5.92 Å². The summed E-state index contributed by atoms with van der Waals surface area (Å²) in [6.07, 6.45) is 5.24. The standard InChI is InChI=1S/C18H26N2O/c1-12-6-9-16(13(2)11-12)17-19-14(3)18(21)20(17)10-4-5-15-7-8-15/h6,9,11,14-15,17,19H,4-5,7-8,10H2,1-3H3. The number of aryl methyl sites for hydroxylation is 2. The molecule has 1 heterocycles. The van der Waals surface area contributed by atoms with Gasteiger partial charge in [0.1, 0.15) is 6.17 Å². The first-order valence-corrected chi connectivity index (χ1v) is 8.20. The van der Waals surface area contributed by atoms with Crippen LogP contribution in [0.25, 0.3) is 0 Å². The molecule has 2 atom stereocenters. The van der Waals surface area contributed by atoms with Gasteiger partial charge in [-0.25, -0.2) is 0 Å². The van der Waals surface area contributed by atoms with E-state index in [0.29, 0.717) is 0 Å². The monoisotopic (exact) mass is 286 g/mol. The Bertz CT molecular complexity index is 536. The Morgan fingerprint density at radius 3 is 2.71 bits per heavy atom. The summed E-state index contributed by atoms with van der Waals surface area (Å²) in [5.41, 5.74) is 3.78. The molecule has 1 saturated heterocycles. The molecule has 1 aromatic rings. The number of carbonyl (C=O) groups is 1. The minimum atomic E-state index is -0.0726. The number of benzene rings is 1. The first-order valence-electron chi connectivity index (χ1n) is 8.20. The van der Waals surface area contributed by atoms with Crippen LogP contribution in [0.3, 0.4) is 0 Å². The number of hydrogen-bond acceptors (Lipinski definition) is 2. The second kappa shape index (κ2) is 5.80. The molecule has 1 aliphatic heterocycles. The topological polar surface area (TPSA) is 32.3 Å². The number of amides is 1. The van der Waals surface area contributed by atoms with Gasteiger partial charge in [-0.3, -0.25) is 10.1 Å². The van der Waals surface area contributed by atoms with Crippen LogP contribution in [-0.4, -0.2) is 23.4 Å². The van der Waals surface area contributed by atoms with Crippen LogP contribution in [0.4, 0.5) is 0 Å². The summed E-state index contributed by atoms with van der Waals surface area (Å²) in [7, 11) is 0. The normalized spacial score (nSPS) is 25.7. The van der Waals surface area contributed by atoms with Crippen LogP contribution < -0.4 is 5.32 Å². The molecule has 0 aromatic heterocycles. The van der Waals surface area contributed by atoms with Gasteiger partial charge in [0.2, 0.25) is 5.91 Å². The largest absolute Gasteiger partial charge is 0.322 e. The third-order valence-corrected chi connectivity index (χ3v) is 4.80. The van der Waals surface area contributed by atoms with Crippen LogP contribution >= 0.6 is 0 Å². The number of hydrogen-bond donors (Lipinski definition) is 1. The molecule has 0 radical (unpaired) electrons. The SMILES string of the molecule is Cc1ccc(C2NC(C)C(=O)N2CCCC2CC2)c(C)c1. The zero-order valence-electron chi connectivity index (χ0n) is 13.4. The lowest BCUT2D eigenvalue weighted by Crippen LogP contribution is -2.32. The first-order chi connectivity index (χ1) is 10.1. The molecule has 2 fully saturated rings. The molecule has 1 N–H and O–H groups in total. The van der Waals surface area contributed by atoms with Crippen LogP contribution in [0.5, 0.6) is 0 Å². The predicted molar refractivity (Wildman–Crippen MR) is 84.9 cm³/mol. The smallest absolute Gasteiger partial charge is 0.241 e. The number of carbonyl (C=O) groups excluding carboxylic acids is 1. The van der Waals surface area contributed by atoms with Crippen molar-refractivity contribution in [2.45, 2.75) is 58.7 Å². The van der Waals surface area contributed by atoms with Gasteiger partial charge in [0.25, 0.3) is 0 Å². The van der Waals surface area contributed by atoms with Gasteiger partial charge >= 0.3 is 0 Å². The molecule has 3 rings (SSSR count). The highest BCUT2D eigenvalue weighted by atomic mass is 16.2. The van der Waals surface area contributed by atoms with Crippen LogP contribution in [-0.2, 0) is 4.79 Å². The van der Waals surface area contributed by atoms with E-state index in [9.17, 15) is 4.79 Å². The molecule has 1 amide bonds. The summed E-state index contributed by atoms with van der Waals surface area (Å²) in [6, 6.07) is 6.44. The molecule has 1 aliphatic carbocycles. The molecule has 1 aromatic carbocycles. The maximum atomic E-state index is 12.4. The first kappa shape index (κ1) is 14.6. The Hall–Kier alpha value is -1.35. The molecular weight excluding hydrogens is 260 g/mol. The van der Waals surface area contributed by atoms with Crippen LogP contribution in [0.1, 0.15) is 55.5 Å². The zero-order valence-corrected chi connectivity index (χ0v) is 13.4. The van der Waals surface area contributed by atoms with E-state index in [0.717, 1.165) is 18.9 Å². The van der Waals surface area contributed by atoms with Gasteiger partial charge < -0.3 is 4.90 Å². The fourth-order valence-corrected chi connectivity index (χ4v) is 3.36. The Kier molecular flexibility index (Phi) is 4.03. The second-order valence-corrected chi connectivity index (χ2v) is 6.77. The summed E-state index contributed by atoms with van der Waals surface area (Å²) in [5, 5.41) is 3.46. The second-order valence-electron chi connectivity index (χ2n) is 6.77. The maximum Gasteiger partial charge on any atom is 0.241 e. The summed E-state index contributed by atoms with van der Waals surface area (Å²) in [4.78, 5) is 14.5. The average Bonchev–Trinajstić information content (AvgIpc) is 3.21. The van der Waals surface area contributed by atoms with E-state index in [2.05, 4.69) is 37.4 Å². The van der Waals surface area contributed by atoms with Crippen molar-refractivity contribution in [3.63, 3.8) is 0 Å². The van der Waals surface area contributed by atoms with Gasteiger partial charge in [0.15, 0.2) is 0 Å². The lowest BCUT2D eigenvalue weighted by molar-refractivity contribution is -0.129. The van der Waals surface area contributed by atoms with Crippen LogP contribution in [0, 0.1) is 19.8 Å². The molecule has 3 nitrogen and oxygen atoms in total. The highest BCUT2D eigenvalue weighted by Crippen LogP contribution is 2.34. The highest BCUT2D eigenvalue weighted by Gasteiger charge is 2.37. The third kappa shape index (κ3) is 3.13. The quantitative estimate of drug-likeness (QED) is 0.900. The molecule has 21 heavy (non-hydrogen) atoms. The fourth-order valence-electron chi connectivity index (χ4n) is 3.36. The summed E-state index contributed by atoms with van der Waals surface area (Å²) in [6.45, 7) is 7.10. The minimum absolute atomic E-state index is 0.0484. The van der Waals surface area contributed by atoms with Crippen molar-refractivity contribution < 1.29 is 4.79 Å². The summed E-state index contributed by atoms with van der Waals surface area (Å²) in [5.74, 6) is 1.18. The van der Waals surface area contributed by atoms with Gasteiger partial charge in [-0.1, -0.05) is 36.6 Å². The van der Waals surface area contributed by atoms with Crippen molar-refractivity contribution in [3.05, 3.63) is 34.9 Å². The van der Waals surface area contributed by atoms with E-state index in [1.54, 1.807) is 0 Å². The molecule has 3 heteroatoms. The van der Waals surface area contributed by atoms with Gasteiger partial charge in [0, 0.05) is 6.54 Å².